The van der Waals surface area contributed by atoms with Crippen molar-refractivity contribution in [3.8, 4) is 0 Å². The summed E-state index contributed by atoms with van der Waals surface area (Å²) in [5, 5.41) is 6.18. The summed E-state index contributed by atoms with van der Waals surface area (Å²) < 4.78 is 44.2. The van der Waals surface area contributed by atoms with Crippen LogP contribution in [0.5, 0.6) is 0 Å². The number of carbonyl (C=O) groups excluding carboxylic acids is 1. The number of halogens is 3. The monoisotopic (exact) mass is 465 g/mol. The van der Waals surface area contributed by atoms with E-state index in [1.54, 1.807) is 0 Å². The predicted molar refractivity (Wildman–Crippen MR) is 119 cm³/mol. The van der Waals surface area contributed by atoms with Gasteiger partial charge in [0.15, 0.2) is 0 Å². The van der Waals surface area contributed by atoms with E-state index >= 15 is 0 Å². The molecule has 0 aromatic carbocycles. The summed E-state index contributed by atoms with van der Waals surface area (Å²) in [5.74, 6) is -0.351. The molecule has 0 radical (unpaired) electrons. The van der Waals surface area contributed by atoms with Crippen LogP contribution in [0.25, 0.3) is 0 Å². The van der Waals surface area contributed by atoms with E-state index in [-0.39, 0.29) is 17.8 Å². The van der Waals surface area contributed by atoms with Crippen LogP contribution in [0.15, 0.2) is 10.5 Å². The lowest BCUT2D eigenvalue weighted by atomic mass is 9.91. The van der Waals surface area contributed by atoms with Crippen LogP contribution in [0.4, 0.5) is 24.9 Å². The quantitative estimate of drug-likeness (QED) is 0.677. The van der Waals surface area contributed by atoms with Gasteiger partial charge in [0.05, 0.1) is 11.3 Å². The number of anilines is 2. The second-order valence-electron chi connectivity index (χ2n) is 9.16. The van der Waals surface area contributed by atoms with Crippen LogP contribution in [0.2, 0.25) is 0 Å². The van der Waals surface area contributed by atoms with Crippen LogP contribution < -0.4 is 15.5 Å². The smallest absolute Gasteiger partial charge is 0.450 e. The first-order chi connectivity index (χ1) is 15.6. The van der Waals surface area contributed by atoms with Gasteiger partial charge in [-0.3, -0.25) is 4.79 Å². The first-order valence-electron chi connectivity index (χ1n) is 11.4. The zero-order chi connectivity index (χ0) is 23.8. The van der Waals surface area contributed by atoms with Gasteiger partial charge in [0.1, 0.15) is 11.6 Å². The normalized spacial score (nSPS) is 20.8. The second kappa shape index (κ2) is 9.23. The molecule has 4 rings (SSSR count). The number of rotatable bonds is 5. The largest absolute Gasteiger partial charge is 0.456 e. The molecule has 2 heterocycles. The Bertz CT molecular complexity index is 1010. The molecule has 33 heavy (non-hydrogen) atoms. The number of amides is 1. The number of alkyl halides is 3. The fourth-order valence-electron chi connectivity index (χ4n) is 4.73. The lowest BCUT2D eigenvalue weighted by molar-refractivity contribution is -0.153. The minimum Gasteiger partial charge on any atom is -0.456 e. The van der Waals surface area contributed by atoms with Crippen LogP contribution in [-0.2, 0) is 19.0 Å². The number of furan rings is 1. The predicted octanol–water partition coefficient (Wildman–Crippen LogP) is 4.49. The highest BCUT2D eigenvalue weighted by atomic mass is 19.4. The molecule has 0 bridgehead atoms. The molecule has 1 saturated carbocycles. The van der Waals surface area contributed by atoms with E-state index < -0.39 is 23.4 Å². The number of aromatic nitrogens is 2. The SMILES string of the molecule is Cc1cc(C(=O)NC2CCC(Nc3nc4c(c(N(C)C)n3)CCCC4)CC2)c(C(F)(F)F)o1. The van der Waals surface area contributed by atoms with E-state index in [1.807, 2.05) is 19.0 Å². The Hall–Kier alpha value is -2.78. The fourth-order valence-corrected chi connectivity index (χ4v) is 4.73. The summed E-state index contributed by atoms with van der Waals surface area (Å²) in [4.78, 5) is 24.0. The molecule has 2 aromatic heterocycles. The van der Waals surface area contributed by atoms with Gasteiger partial charge < -0.3 is 20.0 Å². The minimum atomic E-state index is -4.71. The average Bonchev–Trinajstić information content (AvgIpc) is 3.17. The van der Waals surface area contributed by atoms with E-state index in [0.717, 1.165) is 56.1 Å². The molecular weight excluding hydrogens is 435 g/mol. The van der Waals surface area contributed by atoms with Crippen molar-refractivity contribution < 1.29 is 22.4 Å². The lowest BCUT2D eigenvalue weighted by Crippen LogP contribution is -2.40. The molecule has 0 unspecified atom stereocenters. The van der Waals surface area contributed by atoms with Gasteiger partial charge in [0.2, 0.25) is 11.7 Å². The summed E-state index contributed by atoms with van der Waals surface area (Å²) in [6, 6.07) is 1.10. The highest BCUT2D eigenvalue weighted by Gasteiger charge is 2.40. The van der Waals surface area contributed by atoms with Crippen molar-refractivity contribution in [3.63, 3.8) is 0 Å². The Labute approximate surface area is 191 Å². The Morgan fingerprint density at radius 1 is 1.09 bits per heavy atom. The molecule has 0 saturated heterocycles. The summed E-state index contributed by atoms with van der Waals surface area (Å²) in [5.41, 5.74) is 1.88. The first kappa shape index (κ1) is 23.4. The third-order valence-electron chi connectivity index (χ3n) is 6.34. The molecule has 180 valence electrons. The number of hydrogen-bond acceptors (Lipinski definition) is 6. The zero-order valence-corrected chi connectivity index (χ0v) is 19.2. The van der Waals surface area contributed by atoms with Crippen LogP contribution in [0, 0.1) is 6.92 Å². The van der Waals surface area contributed by atoms with Crippen molar-refractivity contribution in [2.24, 2.45) is 0 Å². The van der Waals surface area contributed by atoms with E-state index in [2.05, 4.69) is 10.6 Å². The summed E-state index contributed by atoms with van der Waals surface area (Å²) in [6.45, 7) is 1.40. The van der Waals surface area contributed by atoms with Gasteiger partial charge in [0.25, 0.3) is 5.91 Å². The van der Waals surface area contributed by atoms with Crippen LogP contribution >= 0.6 is 0 Å². The Kier molecular flexibility index (Phi) is 6.54. The standard InChI is InChI=1S/C23H30F3N5O2/c1-13-12-17(19(33-13)23(24,25)26)21(32)27-14-8-10-15(11-9-14)28-22-29-18-7-5-4-6-16(18)20(30-22)31(2)3/h12,14-15H,4-11H2,1-3H3,(H,27,32)(H,28,29,30). The Morgan fingerprint density at radius 2 is 1.76 bits per heavy atom. The third-order valence-corrected chi connectivity index (χ3v) is 6.34. The molecule has 2 N–H and O–H groups in total. The molecule has 0 aliphatic heterocycles. The summed E-state index contributed by atoms with van der Waals surface area (Å²) in [6.07, 6.45) is 2.39. The van der Waals surface area contributed by atoms with E-state index in [4.69, 9.17) is 14.4 Å². The summed E-state index contributed by atoms with van der Waals surface area (Å²) in [7, 11) is 3.97. The van der Waals surface area contributed by atoms with Crippen LogP contribution in [-0.4, -0.2) is 42.1 Å². The third kappa shape index (κ3) is 5.25. The Morgan fingerprint density at radius 3 is 2.42 bits per heavy atom. The van der Waals surface area contributed by atoms with Crippen molar-refractivity contribution in [2.45, 2.75) is 76.6 Å². The zero-order valence-electron chi connectivity index (χ0n) is 19.2. The van der Waals surface area contributed by atoms with E-state index in [0.29, 0.717) is 18.8 Å². The Balaban J connectivity index is 1.36. The maximum atomic E-state index is 13.1. The van der Waals surface area contributed by atoms with Crippen LogP contribution in [0.3, 0.4) is 0 Å². The van der Waals surface area contributed by atoms with Gasteiger partial charge in [0, 0.05) is 31.7 Å². The molecule has 2 aromatic rings. The van der Waals surface area contributed by atoms with Crippen molar-refractivity contribution in [1.82, 2.24) is 15.3 Å². The van der Waals surface area contributed by atoms with Gasteiger partial charge in [-0.25, -0.2) is 4.98 Å². The first-order valence-corrected chi connectivity index (χ1v) is 11.4. The highest BCUT2D eigenvalue weighted by Crippen LogP contribution is 2.34. The van der Waals surface area contributed by atoms with Gasteiger partial charge in [-0.05, 0) is 64.4 Å². The fraction of sp³-hybridized carbons (Fsp3) is 0.609. The van der Waals surface area contributed by atoms with E-state index in [9.17, 15) is 18.0 Å². The number of nitrogens with one attached hydrogen (secondary N) is 2. The van der Waals surface area contributed by atoms with Crippen LogP contribution in [0.1, 0.15) is 71.7 Å². The van der Waals surface area contributed by atoms with Crippen molar-refractivity contribution in [1.29, 1.82) is 0 Å². The maximum absolute atomic E-state index is 13.1. The van der Waals surface area contributed by atoms with Crippen molar-refractivity contribution in [2.75, 3.05) is 24.3 Å². The second-order valence-corrected chi connectivity index (χ2v) is 9.16. The topological polar surface area (TPSA) is 83.3 Å². The molecule has 1 fully saturated rings. The van der Waals surface area contributed by atoms with Gasteiger partial charge in [-0.2, -0.15) is 18.2 Å². The van der Waals surface area contributed by atoms with E-state index in [1.165, 1.54) is 12.5 Å². The van der Waals surface area contributed by atoms with Gasteiger partial charge in [-0.15, -0.1) is 0 Å². The van der Waals surface area contributed by atoms with Crippen molar-refractivity contribution in [3.05, 3.63) is 34.4 Å². The minimum absolute atomic E-state index is 0.0579. The maximum Gasteiger partial charge on any atom is 0.450 e. The number of fused-ring (bicyclic) bond motifs is 1. The van der Waals surface area contributed by atoms with Gasteiger partial charge >= 0.3 is 6.18 Å². The average molecular weight is 466 g/mol. The molecule has 0 atom stereocenters. The molecule has 10 heteroatoms. The number of carbonyl (C=O) groups is 1. The van der Waals surface area contributed by atoms with Gasteiger partial charge in [-0.1, -0.05) is 0 Å². The molecular formula is C23H30F3N5O2. The number of hydrogen-bond donors (Lipinski definition) is 2. The lowest BCUT2D eigenvalue weighted by Gasteiger charge is -2.30. The highest BCUT2D eigenvalue weighted by molar-refractivity contribution is 5.95. The molecule has 0 spiro atoms. The summed E-state index contributed by atoms with van der Waals surface area (Å²) >= 11 is 0. The molecule has 7 nitrogen and oxygen atoms in total. The molecule has 1 amide bonds. The molecule has 2 aliphatic rings. The molecule has 2 aliphatic carbocycles. The number of nitrogens with zero attached hydrogens (tertiary/aromatic N) is 3. The van der Waals surface area contributed by atoms with Crippen molar-refractivity contribution >= 4 is 17.7 Å². The number of aryl methyl sites for hydroxylation is 2.